The monoisotopic (exact) mass is 227 g/mol. The van der Waals surface area contributed by atoms with Gasteiger partial charge in [0, 0.05) is 0 Å². The number of carbonyl (C=O) groups excluding carboxylic acids is 1. The van der Waals surface area contributed by atoms with Crippen LogP contribution in [0.4, 0.5) is 4.39 Å². The van der Waals surface area contributed by atoms with Crippen molar-refractivity contribution in [1.29, 1.82) is 0 Å². The second-order valence-electron chi connectivity index (χ2n) is 3.59. The van der Waals surface area contributed by atoms with Gasteiger partial charge in [-0.2, -0.15) is 0 Å². The lowest BCUT2D eigenvalue weighted by atomic mass is 9.99. The van der Waals surface area contributed by atoms with Gasteiger partial charge >= 0.3 is 0 Å². The molecule has 0 aliphatic rings. The molecule has 1 aromatic rings. The molecule has 0 bridgehead atoms. The van der Waals surface area contributed by atoms with Crippen LogP contribution >= 0.6 is 0 Å². The molecular formula is C11H14FNO3. The van der Waals surface area contributed by atoms with Crippen LogP contribution in [0.1, 0.15) is 22.8 Å². The minimum atomic E-state index is -0.764. The fourth-order valence-corrected chi connectivity index (χ4v) is 1.47. The van der Waals surface area contributed by atoms with E-state index in [0.29, 0.717) is 5.56 Å². The number of halogens is 1. The largest absolute Gasteiger partial charge is 0.504 e. The molecule has 1 rings (SSSR count). The van der Waals surface area contributed by atoms with Crippen LogP contribution < -0.4 is 10.5 Å². The summed E-state index contributed by atoms with van der Waals surface area (Å²) in [6.07, 6.45) is 0. The molecule has 0 amide bonds. The quantitative estimate of drug-likeness (QED) is 0.765. The number of Topliss-reactive ketones (excluding diaryl/α,β-unsaturated/α-hetero) is 1. The van der Waals surface area contributed by atoms with E-state index in [1.165, 1.54) is 21.0 Å². The third-order valence-electron chi connectivity index (χ3n) is 2.27. The number of aromatic hydroxyl groups is 1. The van der Waals surface area contributed by atoms with Crippen LogP contribution in [0.25, 0.3) is 0 Å². The first-order valence-electron chi connectivity index (χ1n) is 4.76. The van der Waals surface area contributed by atoms with Crippen LogP contribution in [-0.2, 0) is 0 Å². The molecule has 3 N–H and O–H groups in total. The molecule has 16 heavy (non-hydrogen) atoms. The van der Waals surface area contributed by atoms with Crippen molar-refractivity contribution in [2.75, 3.05) is 7.11 Å². The maximum atomic E-state index is 13.3. The van der Waals surface area contributed by atoms with Gasteiger partial charge in [0.2, 0.25) is 0 Å². The first-order valence-corrected chi connectivity index (χ1v) is 4.76. The Morgan fingerprint density at radius 1 is 1.62 bits per heavy atom. The summed E-state index contributed by atoms with van der Waals surface area (Å²) in [5.74, 6) is -2.00. The number of benzene rings is 1. The maximum absolute atomic E-state index is 13.3. The van der Waals surface area contributed by atoms with E-state index in [-0.39, 0.29) is 11.3 Å². The molecule has 0 heterocycles. The molecule has 1 atom stereocenters. The Morgan fingerprint density at radius 2 is 2.19 bits per heavy atom. The molecule has 5 heteroatoms. The van der Waals surface area contributed by atoms with E-state index >= 15 is 0 Å². The number of nitrogens with two attached hydrogens (primary N) is 1. The highest BCUT2D eigenvalue weighted by atomic mass is 19.1. The van der Waals surface area contributed by atoms with Crippen molar-refractivity contribution in [3.63, 3.8) is 0 Å². The average Bonchev–Trinajstić information content (AvgIpc) is 2.17. The number of aryl methyl sites for hydroxylation is 1. The van der Waals surface area contributed by atoms with Crippen molar-refractivity contribution in [2.24, 2.45) is 5.73 Å². The molecular weight excluding hydrogens is 213 g/mol. The predicted molar refractivity (Wildman–Crippen MR) is 57.3 cm³/mol. The van der Waals surface area contributed by atoms with Gasteiger partial charge in [0.25, 0.3) is 0 Å². The summed E-state index contributed by atoms with van der Waals surface area (Å²) in [5, 5.41) is 9.73. The van der Waals surface area contributed by atoms with Crippen molar-refractivity contribution in [3.05, 3.63) is 23.0 Å². The predicted octanol–water partition coefficient (Wildman–Crippen LogP) is 1.38. The minimum absolute atomic E-state index is 0.00764. The fourth-order valence-electron chi connectivity index (χ4n) is 1.47. The molecule has 0 saturated heterocycles. The standard InChI is InChI=1S/C11H14FNO3/c1-5-4-7(12)11(16-3)10(15)8(5)9(14)6(2)13/h4,6,15H,13H2,1-3H3. The third kappa shape index (κ3) is 1.99. The van der Waals surface area contributed by atoms with Crippen molar-refractivity contribution in [3.8, 4) is 11.5 Å². The zero-order valence-electron chi connectivity index (χ0n) is 9.37. The van der Waals surface area contributed by atoms with Crippen LogP contribution in [0.3, 0.4) is 0 Å². The van der Waals surface area contributed by atoms with Crippen molar-refractivity contribution >= 4 is 5.78 Å². The van der Waals surface area contributed by atoms with E-state index in [2.05, 4.69) is 4.74 Å². The van der Waals surface area contributed by atoms with Crippen molar-refractivity contribution in [1.82, 2.24) is 0 Å². The smallest absolute Gasteiger partial charge is 0.197 e. The van der Waals surface area contributed by atoms with Crippen LogP contribution in [-0.4, -0.2) is 24.0 Å². The summed E-state index contributed by atoms with van der Waals surface area (Å²) in [7, 11) is 1.22. The van der Waals surface area contributed by atoms with Gasteiger partial charge in [0.15, 0.2) is 23.1 Å². The van der Waals surface area contributed by atoms with Gasteiger partial charge < -0.3 is 15.6 Å². The van der Waals surface area contributed by atoms with Crippen molar-refractivity contribution in [2.45, 2.75) is 19.9 Å². The lowest BCUT2D eigenvalue weighted by molar-refractivity contribution is 0.0964. The summed E-state index contributed by atoms with van der Waals surface area (Å²) in [5.41, 5.74) is 5.78. The first-order chi connectivity index (χ1) is 7.40. The van der Waals surface area contributed by atoms with Crippen LogP contribution in [0.5, 0.6) is 11.5 Å². The highest BCUT2D eigenvalue weighted by Gasteiger charge is 2.23. The van der Waals surface area contributed by atoms with E-state index in [9.17, 15) is 14.3 Å². The summed E-state index contributed by atoms with van der Waals surface area (Å²) in [4.78, 5) is 11.7. The van der Waals surface area contributed by atoms with Gasteiger partial charge in [0.1, 0.15) is 0 Å². The molecule has 0 aromatic heterocycles. The van der Waals surface area contributed by atoms with Gasteiger partial charge in [-0.3, -0.25) is 4.79 Å². The first kappa shape index (κ1) is 12.4. The second kappa shape index (κ2) is 4.49. The van der Waals surface area contributed by atoms with E-state index in [0.717, 1.165) is 6.07 Å². The zero-order valence-corrected chi connectivity index (χ0v) is 9.37. The Labute approximate surface area is 92.8 Å². The maximum Gasteiger partial charge on any atom is 0.197 e. The van der Waals surface area contributed by atoms with Gasteiger partial charge in [-0.05, 0) is 25.5 Å². The summed E-state index contributed by atoms with van der Waals surface area (Å²) < 4.78 is 18.0. The Kier molecular flexibility index (Phi) is 3.49. The fraction of sp³-hybridized carbons (Fsp3) is 0.364. The second-order valence-corrected chi connectivity index (χ2v) is 3.59. The lowest BCUT2D eigenvalue weighted by Gasteiger charge is -2.13. The normalized spacial score (nSPS) is 12.3. The Hall–Kier alpha value is -1.62. The Balaban J connectivity index is 3.45. The number of hydrogen-bond donors (Lipinski definition) is 2. The number of hydrogen-bond acceptors (Lipinski definition) is 4. The molecule has 0 saturated carbocycles. The van der Waals surface area contributed by atoms with Crippen molar-refractivity contribution < 1.29 is 19.0 Å². The van der Waals surface area contributed by atoms with Gasteiger partial charge in [-0.1, -0.05) is 0 Å². The molecule has 88 valence electrons. The van der Waals surface area contributed by atoms with Crippen LogP contribution in [0, 0.1) is 12.7 Å². The molecule has 0 spiro atoms. The molecule has 0 fully saturated rings. The Morgan fingerprint density at radius 3 is 2.62 bits per heavy atom. The molecule has 0 aliphatic carbocycles. The van der Waals surface area contributed by atoms with Crippen LogP contribution in [0.2, 0.25) is 0 Å². The lowest BCUT2D eigenvalue weighted by Crippen LogP contribution is -2.27. The van der Waals surface area contributed by atoms with Gasteiger partial charge in [-0.25, -0.2) is 4.39 Å². The number of rotatable bonds is 3. The number of phenols is 1. The number of phenolic OH excluding ortho intramolecular Hbond substituents is 1. The van der Waals surface area contributed by atoms with E-state index in [1.54, 1.807) is 0 Å². The Bertz CT molecular complexity index is 430. The molecule has 0 radical (unpaired) electrons. The van der Waals surface area contributed by atoms with E-state index in [1.807, 2.05) is 0 Å². The highest BCUT2D eigenvalue weighted by Crippen LogP contribution is 2.35. The third-order valence-corrected chi connectivity index (χ3v) is 2.27. The summed E-state index contributed by atoms with van der Waals surface area (Å²) in [6, 6.07) is 0.369. The molecule has 1 unspecified atom stereocenters. The summed E-state index contributed by atoms with van der Waals surface area (Å²) in [6.45, 7) is 3.02. The average molecular weight is 227 g/mol. The van der Waals surface area contributed by atoms with Gasteiger partial charge in [-0.15, -0.1) is 0 Å². The topological polar surface area (TPSA) is 72.5 Å². The molecule has 0 aliphatic heterocycles. The SMILES string of the molecule is COc1c(F)cc(C)c(C(=O)C(C)N)c1O. The number of ketones is 1. The zero-order chi connectivity index (χ0) is 12.5. The van der Waals surface area contributed by atoms with Crippen LogP contribution in [0.15, 0.2) is 6.07 Å². The van der Waals surface area contributed by atoms with Gasteiger partial charge in [0.05, 0.1) is 18.7 Å². The number of carbonyl (C=O) groups is 1. The molecule has 1 aromatic carbocycles. The number of ether oxygens (including phenoxy) is 1. The summed E-state index contributed by atoms with van der Waals surface area (Å²) >= 11 is 0. The van der Waals surface area contributed by atoms with E-state index in [4.69, 9.17) is 5.73 Å². The number of methoxy groups -OCH3 is 1. The van der Waals surface area contributed by atoms with E-state index < -0.39 is 23.4 Å². The minimum Gasteiger partial charge on any atom is -0.504 e. The molecule has 4 nitrogen and oxygen atoms in total. The highest BCUT2D eigenvalue weighted by molar-refractivity contribution is 6.03.